The molecule has 2 amide bonds. The van der Waals surface area contributed by atoms with Crippen LogP contribution < -0.4 is 26.2 Å². The van der Waals surface area contributed by atoms with E-state index in [1.54, 1.807) is 24.5 Å². The lowest BCUT2D eigenvalue weighted by Crippen LogP contribution is -2.39. The van der Waals surface area contributed by atoms with Crippen LogP contribution in [0.25, 0.3) is 11.4 Å². The van der Waals surface area contributed by atoms with E-state index in [1.165, 1.54) is 5.56 Å². The van der Waals surface area contributed by atoms with E-state index in [2.05, 4.69) is 30.4 Å². The maximum Gasteiger partial charge on any atom is 0.323 e. The van der Waals surface area contributed by atoms with Crippen molar-refractivity contribution in [1.82, 2.24) is 19.9 Å². The maximum absolute atomic E-state index is 12.5. The first-order valence-electron chi connectivity index (χ1n) is 12.9. The van der Waals surface area contributed by atoms with Crippen molar-refractivity contribution in [2.45, 2.75) is 13.0 Å². The number of carbonyl (C=O) groups excluding carboxylic acids is 1. The van der Waals surface area contributed by atoms with E-state index < -0.39 is 0 Å². The molecule has 0 atom stereocenters. The van der Waals surface area contributed by atoms with Crippen LogP contribution >= 0.6 is 0 Å². The average Bonchev–Trinajstić information content (AvgIpc) is 2.99. The van der Waals surface area contributed by atoms with Gasteiger partial charge in [0.25, 0.3) is 0 Å². The first-order valence-corrected chi connectivity index (χ1v) is 12.9. The third-order valence-corrected chi connectivity index (χ3v) is 6.80. The first-order chi connectivity index (χ1) is 19.1. The molecule has 0 aliphatic carbocycles. The first kappa shape index (κ1) is 24.6. The zero-order chi connectivity index (χ0) is 26.6. The number of morpholine rings is 1. The quantitative estimate of drug-likeness (QED) is 0.336. The molecule has 2 aliphatic rings. The predicted molar refractivity (Wildman–Crippen MR) is 151 cm³/mol. The zero-order valence-electron chi connectivity index (χ0n) is 21.4. The van der Waals surface area contributed by atoms with Gasteiger partial charge in [0.15, 0.2) is 5.82 Å². The third kappa shape index (κ3) is 5.43. The highest BCUT2D eigenvalue weighted by Crippen LogP contribution is 2.31. The summed E-state index contributed by atoms with van der Waals surface area (Å²) >= 11 is 0. The standard InChI is InChI=1S/C28H29N9O2/c29-22-4-1-2-5-23(22)34-28(38)32-20-8-6-19(7-9-20)25-33-24-18-37(27-30-11-3-12-31-27)13-10-21(24)26(35-25)36-14-16-39-17-15-36/h1-9,11-12H,10,13-18,29H2,(H2,32,34,38). The molecule has 198 valence electrons. The number of amides is 2. The highest BCUT2D eigenvalue weighted by molar-refractivity contribution is 6.01. The summed E-state index contributed by atoms with van der Waals surface area (Å²) in [5.41, 5.74) is 10.6. The lowest BCUT2D eigenvalue weighted by molar-refractivity contribution is 0.122. The molecule has 2 aromatic carbocycles. The smallest absolute Gasteiger partial charge is 0.323 e. The molecule has 4 heterocycles. The van der Waals surface area contributed by atoms with Gasteiger partial charge in [0.1, 0.15) is 5.82 Å². The van der Waals surface area contributed by atoms with Gasteiger partial charge in [-0.15, -0.1) is 0 Å². The number of anilines is 5. The second-order valence-corrected chi connectivity index (χ2v) is 9.36. The highest BCUT2D eigenvalue weighted by atomic mass is 16.5. The number of carbonyl (C=O) groups is 1. The fraction of sp³-hybridized carbons (Fsp3) is 0.250. The molecular formula is C28H29N9O2. The van der Waals surface area contributed by atoms with Gasteiger partial charge in [-0.1, -0.05) is 12.1 Å². The van der Waals surface area contributed by atoms with Crippen LogP contribution in [0.5, 0.6) is 0 Å². The van der Waals surface area contributed by atoms with Gasteiger partial charge < -0.3 is 30.9 Å². The Morgan fingerprint density at radius 3 is 2.41 bits per heavy atom. The Labute approximate surface area is 226 Å². The molecule has 1 saturated heterocycles. The van der Waals surface area contributed by atoms with Gasteiger partial charge in [-0.25, -0.2) is 24.7 Å². The van der Waals surface area contributed by atoms with Crippen molar-refractivity contribution in [1.29, 1.82) is 0 Å². The summed E-state index contributed by atoms with van der Waals surface area (Å²) in [4.78, 5) is 35.8. The summed E-state index contributed by atoms with van der Waals surface area (Å²) in [6, 6.07) is 16.1. The van der Waals surface area contributed by atoms with Crippen LogP contribution in [-0.4, -0.2) is 58.8 Å². The van der Waals surface area contributed by atoms with Crippen LogP contribution in [0.15, 0.2) is 67.0 Å². The number of aromatic nitrogens is 4. The molecule has 4 N–H and O–H groups in total. The van der Waals surface area contributed by atoms with Crippen molar-refractivity contribution >= 4 is 34.9 Å². The fourth-order valence-corrected chi connectivity index (χ4v) is 4.80. The summed E-state index contributed by atoms with van der Waals surface area (Å²) < 4.78 is 5.59. The Hall–Kier alpha value is -4.77. The summed E-state index contributed by atoms with van der Waals surface area (Å²) in [7, 11) is 0. The minimum atomic E-state index is -0.372. The molecule has 1 fully saturated rings. The van der Waals surface area contributed by atoms with Crippen molar-refractivity contribution in [3.63, 3.8) is 0 Å². The van der Waals surface area contributed by atoms with Gasteiger partial charge >= 0.3 is 6.03 Å². The van der Waals surface area contributed by atoms with Crippen LogP contribution in [0.4, 0.5) is 33.6 Å². The SMILES string of the molecule is Nc1ccccc1NC(=O)Nc1ccc(-c2nc3c(c(N4CCOCC4)n2)CCN(c2ncccn2)C3)cc1. The van der Waals surface area contributed by atoms with E-state index >= 15 is 0 Å². The fourth-order valence-electron chi connectivity index (χ4n) is 4.80. The molecule has 11 heteroatoms. The molecule has 2 aliphatic heterocycles. The highest BCUT2D eigenvalue weighted by Gasteiger charge is 2.27. The number of rotatable bonds is 5. The number of hydrogen-bond donors (Lipinski definition) is 3. The Morgan fingerprint density at radius 2 is 1.64 bits per heavy atom. The number of nitrogens with zero attached hydrogens (tertiary/aromatic N) is 6. The molecule has 39 heavy (non-hydrogen) atoms. The van der Waals surface area contributed by atoms with Gasteiger partial charge in [0.05, 0.1) is 36.8 Å². The Kier molecular flexibility index (Phi) is 6.88. The van der Waals surface area contributed by atoms with Crippen LogP contribution in [-0.2, 0) is 17.7 Å². The second kappa shape index (κ2) is 10.9. The maximum atomic E-state index is 12.5. The van der Waals surface area contributed by atoms with Gasteiger partial charge in [0, 0.05) is 48.8 Å². The number of hydrogen-bond acceptors (Lipinski definition) is 9. The van der Waals surface area contributed by atoms with Crippen molar-refractivity contribution < 1.29 is 9.53 Å². The summed E-state index contributed by atoms with van der Waals surface area (Å²) in [5.74, 6) is 2.30. The van der Waals surface area contributed by atoms with E-state index in [4.69, 9.17) is 20.4 Å². The number of para-hydroxylation sites is 2. The molecular weight excluding hydrogens is 494 g/mol. The van der Waals surface area contributed by atoms with Crippen LogP contribution in [0.3, 0.4) is 0 Å². The number of fused-ring (bicyclic) bond motifs is 1. The summed E-state index contributed by atoms with van der Waals surface area (Å²) in [6.45, 7) is 4.34. The van der Waals surface area contributed by atoms with Crippen LogP contribution in [0, 0.1) is 0 Å². The molecule has 4 aromatic rings. The topological polar surface area (TPSA) is 134 Å². The molecule has 11 nitrogen and oxygen atoms in total. The Bertz CT molecular complexity index is 1460. The van der Waals surface area contributed by atoms with Crippen molar-refractivity contribution in [3.8, 4) is 11.4 Å². The number of nitrogens with one attached hydrogen (secondary N) is 2. The average molecular weight is 524 g/mol. The molecule has 0 bridgehead atoms. The number of nitrogen functional groups attached to an aromatic ring is 1. The molecule has 2 aromatic heterocycles. The number of benzene rings is 2. The van der Waals surface area contributed by atoms with Crippen molar-refractivity contribution in [2.24, 2.45) is 0 Å². The van der Waals surface area contributed by atoms with Crippen LogP contribution in [0.1, 0.15) is 11.3 Å². The molecule has 0 spiro atoms. The summed E-state index contributed by atoms with van der Waals surface area (Å²) in [6.07, 6.45) is 4.32. The molecule has 0 radical (unpaired) electrons. The predicted octanol–water partition coefficient (Wildman–Crippen LogP) is 3.56. The second-order valence-electron chi connectivity index (χ2n) is 9.36. The number of urea groups is 1. The molecule has 0 unspecified atom stereocenters. The Balaban J connectivity index is 1.26. The van der Waals surface area contributed by atoms with E-state index in [9.17, 15) is 4.79 Å². The normalized spacial score (nSPS) is 15.0. The lowest BCUT2D eigenvalue weighted by Gasteiger charge is -2.34. The monoisotopic (exact) mass is 523 g/mol. The van der Waals surface area contributed by atoms with Gasteiger partial charge in [-0.3, -0.25) is 0 Å². The van der Waals surface area contributed by atoms with Gasteiger partial charge in [-0.2, -0.15) is 0 Å². The van der Waals surface area contributed by atoms with E-state index in [0.29, 0.717) is 48.6 Å². The van der Waals surface area contributed by atoms with Crippen molar-refractivity contribution in [3.05, 3.63) is 78.2 Å². The minimum absolute atomic E-state index is 0.372. The van der Waals surface area contributed by atoms with Crippen LogP contribution in [0.2, 0.25) is 0 Å². The lowest BCUT2D eigenvalue weighted by atomic mass is 10.0. The van der Waals surface area contributed by atoms with E-state index in [-0.39, 0.29) is 6.03 Å². The minimum Gasteiger partial charge on any atom is -0.397 e. The van der Waals surface area contributed by atoms with E-state index in [0.717, 1.165) is 43.1 Å². The molecule has 0 saturated carbocycles. The number of nitrogens with two attached hydrogens (primary N) is 1. The molecule has 6 rings (SSSR count). The Morgan fingerprint density at radius 1 is 0.872 bits per heavy atom. The van der Waals surface area contributed by atoms with E-state index in [1.807, 2.05) is 42.5 Å². The van der Waals surface area contributed by atoms with Crippen molar-refractivity contribution in [2.75, 3.05) is 59.0 Å². The van der Waals surface area contributed by atoms with Gasteiger partial charge in [0.2, 0.25) is 5.95 Å². The van der Waals surface area contributed by atoms with Gasteiger partial charge in [-0.05, 0) is 48.9 Å². The summed E-state index contributed by atoms with van der Waals surface area (Å²) in [5, 5.41) is 5.61. The third-order valence-electron chi connectivity index (χ3n) is 6.80. The number of ether oxygens (including phenoxy) is 1. The zero-order valence-corrected chi connectivity index (χ0v) is 21.4. The largest absolute Gasteiger partial charge is 0.397 e.